The van der Waals surface area contributed by atoms with Crippen LogP contribution in [0.25, 0.3) is 5.70 Å². The van der Waals surface area contributed by atoms with Gasteiger partial charge >= 0.3 is 0 Å². The molecule has 6 nitrogen and oxygen atoms in total. The van der Waals surface area contributed by atoms with E-state index in [1.807, 2.05) is 6.92 Å². The summed E-state index contributed by atoms with van der Waals surface area (Å²) in [6, 6.07) is 5.02. The summed E-state index contributed by atoms with van der Waals surface area (Å²) in [7, 11) is 1.58. The lowest BCUT2D eigenvalue weighted by Crippen LogP contribution is -2.20. The maximum Gasteiger partial charge on any atom is 0.215 e. The molecule has 1 aliphatic rings. The topological polar surface area (TPSA) is 93.3 Å². The summed E-state index contributed by atoms with van der Waals surface area (Å²) >= 11 is 5.70. The number of anilines is 1. The number of hydrogen-bond donors (Lipinski definition) is 3. The Kier molecular flexibility index (Phi) is 8.58. The monoisotopic (exact) mass is 418 g/mol. The molecule has 1 fully saturated rings. The Balaban J connectivity index is 0.000000234. The number of hydrogen-bond acceptors (Lipinski definition) is 6. The Morgan fingerprint density at radius 3 is 2.62 bits per heavy atom. The lowest BCUT2D eigenvalue weighted by atomic mass is 9.83. The van der Waals surface area contributed by atoms with Crippen LogP contribution < -0.4 is 15.8 Å². The van der Waals surface area contributed by atoms with E-state index in [0.717, 1.165) is 23.7 Å². The van der Waals surface area contributed by atoms with Crippen LogP contribution in [-0.2, 0) is 0 Å². The molecule has 4 N–H and O–H groups in total. The molecule has 0 radical (unpaired) electrons. The highest BCUT2D eigenvalue weighted by molar-refractivity contribution is 6.30. The molecule has 0 aliphatic heterocycles. The van der Waals surface area contributed by atoms with Crippen LogP contribution in [0, 0.1) is 18.8 Å². The van der Waals surface area contributed by atoms with E-state index in [-0.39, 0.29) is 5.75 Å². The molecule has 1 aliphatic carbocycles. The second-order valence-corrected chi connectivity index (χ2v) is 7.98. The third kappa shape index (κ3) is 7.13. The Morgan fingerprint density at radius 1 is 1.34 bits per heavy atom. The number of halogens is 1. The maximum atomic E-state index is 9.72. The number of methoxy groups -OCH3 is 1. The number of aromatic hydroxyl groups is 1. The van der Waals surface area contributed by atoms with Gasteiger partial charge in [0.2, 0.25) is 5.88 Å². The minimum absolute atomic E-state index is 0.181. The van der Waals surface area contributed by atoms with Gasteiger partial charge in [0, 0.05) is 35.8 Å². The lowest BCUT2D eigenvalue weighted by molar-refractivity contribution is 0.300. The molecule has 2 heterocycles. The van der Waals surface area contributed by atoms with E-state index in [4.69, 9.17) is 22.1 Å². The molecule has 1 saturated carbocycles. The van der Waals surface area contributed by atoms with Gasteiger partial charge in [0.25, 0.3) is 0 Å². The van der Waals surface area contributed by atoms with Crippen molar-refractivity contribution in [2.24, 2.45) is 17.6 Å². The molecule has 29 heavy (non-hydrogen) atoms. The molecule has 0 atom stereocenters. The number of aromatic nitrogens is 2. The molecule has 0 bridgehead atoms. The van der Waals surface area contributed by atoms with Gasteiger partial charge in [-0.2, -0.15) is 4.98 Å². The first-order valence-electron chi connectivity index (χ1n) is 9.85. The summed E-state index contributed by atoms with van der Waals surface area (Å²) in [5.41, 5.74) is 7.65. The van der Waals surface area contributed by atoms with Crippen molar-refractivity contribution in [3.8, 4) is 11.6 Å². The van der Waals surface area contributed by atoms with Crippen LogP contribution in [0.3, 0.4) is 0 Å². The molecule has 0 spiro atoms. The van der Waals surface area contributed by atoms with Crippen molar-refractivity contribution >= 4 is 23.1 Å². The van der Waals surface area contributed by atoms with Crippen molar-refractivity contribution in [1.29, 1.82) is 0 Å². The second-order valence-electron chi connectivity index (χ2n) is 7.54. The van der Waals surface area contributed by atoms with Gasteiger partial charge in [0.15, 0.2) is 11.6 Å². The molecule has 0 amide bonds. The summed E-state index contributed by atoms with van der Waals surface area (Å²) in [6.07, 6.45) is 6.73. The summed E-state index contributed by atoms with van der Waals surface area (Å²) in [5.74, 6) is 2.78. The number of pyridine rings is 2. The summed E-state index contributed by atoms with van der Waals surface area (Å²) in [5, 5.41) is 13.5. The standard InChI is InChI=1S/C14H22N2O2.C8H9ClN2/c1-10-3-5-11(6-4-10)9-15-14-12(17)7-8-13(16-14)18-2;1-5(10)8-3-7(9)4-11-6(8)2/h7-8,10-11,17H,3-6,9H2,1-2H3,(H,15,16);3-4H,1,10H2,2H3. The van der Waals surface area contributed by atoms with E-state index < -0.39 is 0 Å². The van der Waals surface area contributed by atoms with Gasteiger partial charge in [0.05, 0.1) is 12.1 Å². The first-order chi connectivity index (χ1) is 13.8. The predicted octanol–water partition coefficient (Wildman–Crippen LogP) is 5.01. The van der Waals surface area contributed by atoms with Crippen LogP contribution >= 0.6 is 11.6 Å². The van der Waals surface area contributed by atoms with E-state index in [1.54, 1.807) is 31.5 Å². The highest BCUT2D eigenvalue weighted by Crippen LogP contribution is 2.29. The van der Waals surface area contributed by atoms with Crippen molar-refractivity contribution in [3.63, 3.8) is 0 Å². The van der Waals surface area contributed by atoms with Crippen molar-refractivity contribution in [2.45, 2.75) is 39.5 Å². The first kappa shape index (κ1) is 22.8. The largest absolute Gasteiger partial charge is 0.504 e. The average molecular weight is 419 g/mol. The molecule has 158 valence electrons. The van der Waals surface area contributed by atoms with Crippen molar-refractivity contribution in [1.82, 2.24) is 9.97 Å². The quantitative estimate of drug-likeness (QED) is 0.632. The second kappa shape index (κ2) is 10.9. The van der Waals surface area contributed by atoms with Crippen LogP contribution in [0.2, 0.25) is 5.02 Å². The zero-order valence-corrected chi connectivity index (χ0v) is 18.2. The van der Waals surface area contributed by atoms with E-state index in [0.29, 0.717) is 28.3 Å². The van der Waals surface area contributed by atoms with Gasteiger partial charge < -0.3 is 20.9 Å². The van der Waals surface area contributed by atoms with Crippen LogP contribution in [0.1, 0.15) is 43.9 Å². The molecule has 0 saturated heterocycles. The lowest BCUT2D eigenvalue weighted by Gasteiger charge is -2.26. The van der Waals surface area contributed by atoms with E-state index in [2.05, 4.69) is 28.8 Å². The molecule has 0 aromatic carbocycles. The highest BCUT2D eigenvalue weighted by Gasteiger charge is 2.18. The SMILES string of the molecule is C=C(N)c1cc(Cl)cnc1C.COc1ccc(O)c(NCC2CCC(C)CC2)n1. The van der Waals surface area contributed by atoms with Crippen LogP contribution in [0.4, 0.5) is 5.82 Å². The fourth-order valence-corrected chi connectivity index (χ4v) is 3.44. The van der Waals surface area contributed by atoms with Crippen molar-refractivity contribution in [2.75, 3.05) is 19.0 Å². The minimum Gasteiger partial charge on any atom is -0.504 e. The summed E-state index contributed by atoms with van der Waals surface area (Å²) < 4.78 is 5.05. The van der Waals surface area contributed by atoms with E-state index in [9.17, 15) is 5.11 Å². The molecular weight excluding hydrogens is 388 g/mol. The fraction of sp³-hybridized carbons (Fsp3) is 0.455. The Hall–Kier alpha value is -2.47. The van der Waals surface area contributed by atoms with Crippen molar-refractivity contribution < 1.29 is 9.84 Å². The fourth-order valence-electron chi connectivity index (χ4n) is 3.28. The number of ether oxygens (including phenoxy) is 1. The van der Waals surface area contributed by atoms with Gasteiger partial charge in [-0.1, -0.05) is 37.9 Å². The van der Waals surface area contributed by atoms with E-state index in [1.165, 1.54) is 25.7 Å². The average Bonchev–Trinajstić information content (AvgIpc) is 2.71. The van der Waals surface area contributed by atoms with Crippen LogP contribution in [-0.4, -0.2) is 28.7 Å². The zero-order chi connectivity index (χ0) is 21.4. The summed E-state index contributed by atoms with van der Waals surface area (Å²) in [6.45, 7) is 8.67. The molecule has 3 rings (SSSR count). The van der Waals surface area contributed by atoms with Gasteiger partial charge in [0.1, 0.15) is 0 Å². The Morgan fingerprint density at radius 2 is 2.03 bits per heavy atom. The number of nitrogens with one attached hydrogen (secondary N) is 1. The molecular formula is C22H31ClN4O2. The molecule has 2 aromatic heterocycles. The third-order valence-corrected chi connectivity index (χ3v) is 5.36. The smallest absolute Gasteiger partial charge is 0.215 e. The van der Waals surface area contributed by atoms with Gasteiger partial charge in [-0.15, -0.1) is 0 Å². The summed E-state index contributed by atoms with van der Waals surface area (Å²) in [4.78, 5) is 8.23. The number of nitrogens with two attached hydrogens (primary N) is 1. The number of rotatable bonds is 5. The molecule has 7 heteroatoms. The number of nitrogens with zero attached hydrogens (tertiary/aromatic N) is 2. The van der Waals surface area contributed by atoms with Gasteiger partial charge in [-0.25, -0.2) is 0 Å². The Labute approximate surface area is 178 Å². The normalized spacial score (nSPS) is 18.3. The minimum atomic E-state index is 0.181. The maximum absolute atomic E-state index is 9.72. The van der Waals surface area contributed by atoms with Gasteiger partial charge in [-0.3, -0.25) is 4.98 Å². The first-order valence-corrected chi connectivity index (χ1v) is 10.2. The van der Waals surface area contributed by atoms with Gasteiger partial charge in [-0.05, 0) is 43.7 Å². The van der Waals surface area contributed by atoms with E-state index >= 15 is 0 Å². The predicted molar refractivity (Wildman–Crippen MR) is 119 cm³/mol. The van der Waals surface area contributed by atoms with Crippen LogP contribution in [0.5, 0.6) is 11.6 Å². The molecule has 0 unspecified atom stereocenters. The highest BCUT2D eigenvalue weighted by atomic mass is 35.5. The zero-order valence-electron chi connectivity index (χ0n) is 17.4. The Bertz CT molecular complexity index is 820. The van der Waals surface area contributed by atoms with Crippen molar-refractivity contribution in [3.05, 3.63) is 47.3 Å². The molecule has 2 aromatic rings. The number of aryl methyl sites for hydroxylation is 1. The third-order valence-electron chi connectivity index (χ3n) is 5.15. The van der Waals surface area contributed by atoms with Crippen LogP contribution in [0.15, 0.2) is 31.0 Å².